The molecule has 0 unspecified atom stereocenters. The van der Waals surface area contributed by atoms with Gasteiger partial charge >= 0.3 is 5.97 Å². The van der Waals surface area contributed by atoms with Crippen molar-refractivity contribution in [3.63, 3.8) is 0 Å². The molecule has 0 saturated carbocycles. The van der Waals surface area contributed by atoms with Crippen LogP contribution in [0.2, 0.25) is 0 Å². The van der Waals surface area contributed by atoms with Gasteiger partial charge in [0.05, 0.1) is 28.5 Å². The summed E-state index contributed by atoms with van der Waals surface area (Å²) in [4.78, 5) is 33.6. The zero-order valence-electron chi connectivity index (χ0n) is 25.9. The maximum Gasteiger partial charge on any atom is 0.338 e. The lowest BCUT2D eigenvalue weighted by Gasteiger charge is -2.26. The van der Waals surface area contributed by atoms with E-state index in [1.807, 2.05) is 60.7 Å². The van der Waals surface area contributed by atoms with E-state index in [9.17, 15) is 9.59 Å². The number of halogens is 1. The first-order valence-electron chi connectivity index (χ1n) is 15.0. The maximum absolute atomic E-state index is 14.4. The van der Waals surface area contributed by atoms with Gasteiger partial charge in [-0.05, 0) is 79.8 Å². The molecule has 0 fully saturated rings. The van der Waals surface area contributed by atoms with E-state index in [-0.39, 0.29) is 12.2 Å². The van der Waals surface area contributed by atoms with E-state index in [0.717, 1.165) is 38.2 Å². The van der Waals surface area contributed by atoms with E-state index < -0.39 is 12.0 Å². The molecule has 6 rings (SSSR count). The van der Waals surface area contributed by atoms with E-state index in [1.165, 1.54) is 16.9 Å². The molecule has 0 saturated heterocycles. The van der Waals surface area contributed by atoms with Gasteiger partial charge in [0, 0.05) is 27.1 Å². The molecular formula is C37H34BrN3O3S. The molecule has 1 aliphatic rings. The number of esters is 1. The van der Waals surface area contributed by atoms with E-state index in [1.54, 1.807) is 11.5 Å². The number of thiazole rings is 1. The Balaban J connectivity index is 1.59. The van der Waals surface area contributed by atoms with Gasteiger partial charge in [-0.1, -0.05) is 95.7 Å². The Bertz CT molecular complexity index is 2100. The fourth-order valence-corrected chi connectivity index (χ4v) is 7.14. The first-order valence-corrected chi connectivity index (χ1v) is 16.6. The molecule has 0 radical (unpaired) electrons. The number of benzene rings is 3. The number of nitrogens with zero attached hydrogens (tertiary/aromatic N) is 3. The lowest BCUT2D eigenvalue weighted by atomic mass is 9.91. The van der Waals surface area contributed by atoms with Crippen molar-refractivity contribution < 1.29 is 9.53 Å². The molecule has 0 N–H and O–H groups in total. The van der Waals surface area contributed by atoms with Gasteiger partial charge < -0.3 is 9.30 Å². The number of hydrogen-bond acceptors (Lipinski definition) is 5. The predicted octanol–water partition coefficient (Wildman–Crippen LogP) is 7.23. The van der Waals surface area contributed by atoms with Crippen LogP contribution >= 0.6 is 27.3 Å². The summed E-state index contributed by atoms with van der Waals surface area (Å²) < 4.78 is 11.0. The summed E-state index contributed by atoms with van der Waals surface area (Å²) in [5.41, 5.74) is 7.56. The second-order valence-electron chi connectivity index (χ2n) is 11.4. The van der Waals surface area contributed by atoms with Crippen LogP contribution in [0.25, 0.3) is 17.5 Å². The van der Waals surface area contributed by atoms with Crippen LogP contribution < -0.4 is 14.9 Å². The molecule has 3 heterocycles. The molecular weight excluding hydrogens is 646 g/mol. The molecule has 0 bridgehead atoms. The van der Waals surface area contributed by atoms with E-state index in [2.05, 4.69) is 78.5 Å². The molecule has 6 nitrogen and oxygen atoms in total. The second kappa shape index (κ2) is 12.6. The molecule has 228 valence electrons. The third-order valence-corrected chi connectivity index (χ3v) is 9.65. The van der Waals surface area contributed by atoms with Crippen LogP contribution in [0.5, 0.6) is 0 Å². The molecule has 0 aliphatic carbocycles. The topological polar surface area (TPSA) is 65.6 Å². The Hall–Kier alpha value is -4.27. The third-order valence-electron chi connectivity index (χ3n) is 8.13. The second-order valence-corrected chi connectivity index (χ2v) is 13.3. The van der Waals surface area contributed by atoms with Crippen LogP contribution in [0.15, 0.2) is 105 Å². The molecule has 2 aromatic heterocycles. The molecule has 45 heavy (non-hydrogen) atoms. The number of hydrogen-bond donors (Lipinski definition) is 0. The number of fused-ring (bicyclic) bond motifs is 1. The summed E-state index contributed by atoms with van der Waals surface area (Å²) in [6.45, 7) is 10.4. The van der Waals surface area contributed by atoms with Crippen molar-refractivity contribution in [2.45, 2.75) is 46.6 Å². The smallest absolute Gasteiger partial charge is 0.338 e. The van der Waals surface area contributed by atoms with Gasteiger partial charge in [-0.15, -0.1) is 0 Å². The number of carbonyl (C=O) groups excluding carboxylic acids is 1. The quantitative estimate of drug-likeness (QED) is 0.171. The minimum absolute atomic E-state index is 0.195. The van der Waals surface area contributed by atoms with Gasteiger partial charge in [-0.3, -0.25) is 9.36 Å². The Labute approximate surface area is 274 Å². The zero-order valence-corrected chi connectivity index (χ0v) is 28.3. The Morgan fingerprint density at radius 2 is 1.71 bits per heavy atom. The standard InChI is InChI=1S/C37H34BrN3O3S/c1-6-44-36(43)32-33(26-10-8-7-9-11-26)39-37-41(34(32)27-14-12-25(13-15-27)22(2)3)35(42)31(45-37)21-28-20-23(4)40(24(28)5)30-18-16-29(38)17-19-30/h7-22,34H,6H2,1-5H3/b31-21-/t34-/m1/s1. The Morgan fingerprint density at radius 3 is 2.36 bits per heavy atom. The monoisotopic (exact) mass is 679 g/mol. The van der Waals surface area contributed by atoms with Crippen molar-refractivity contribution in [2.75, 3.05) is 6.61 Å². The fourth-order valence-electron chi connectivity index (χ4n) is 5.88. The first-order chi connectivity index (χ1) is 21.7. The Kier molecular flexibility index (Phi) is 8.62. The van der Waals surface area contributed by atoms with Crippen LogP contribution in [0.1, 0.15) is 66.4 Å². The van der Waals surface area contributed by atoms with Crippen LogP contribution in [-0.4, -0.2) is 21.7 Å². The Morgan fingerprint density at radius 1 is 1.02 bits per heavy atom. The molecule has 3 aromatic carbocycles. The van der Waals surface area contributed by atoms with Crippen molar-refractivity contribution in [3.05, 3.63) is 148 Å². The summed E-state index contributed by atoms with van der Waals surface area (Å²) >= 11 is 4.86. The van der Waals surface area contributed by atoms with Crippen molar-refractivity contribution in [1.29, 1.82) is 0 Å². The van der Waals surface area contributed by atoms with E-state index in [4.69, 9.17) is 9.73 Å². The van der Waals surface area contributed by atoms with Crippen LogP contribution in [0, 0.1) is 13.8 Å². The fraction of sp³-hybridized carbons (Fsp3) is 0.216. The summed E-state index contributed by atoms with van der Waals surface area (Å²) in [7, 11) is 0. The number of carbonyl (C=O) groups is 1. The summed E-state index contributed by atoms with van der Waals surface area (Å²) in [6, 6.07) is 27.3. The zero-order chi connectivity index (χ0) is 31.8. The predicted molar refractivity (Wildman–Crippen MR) is 185 cm³/mol. The molecule has 8 heteroatoms. The molecule has 0 spiro atoms. The first kappa shape index (κ1) is 30.7. The highest BCUT2D eigenvalue weighted by Gasteiger charge is 2.35. The largest absolute Gasteiger partial charge is 0.463 e. The minimum Gasteiger partial charge on any atom is -0.463 e. The maximum atomic E-state index is 14.4. The average Bonchev–Trinajstić information content (AvgIpc) is 3.50. The summed E-state index contributed by atoms with van der Waals surface area (Å²) in [5, 5.41) is 0. The van der Waals surface area contributed by atoms with Crippen molar-refractivity contribution in [2.24, 2.45) is 4.99 Å². The molecule has 0 amide bonds. The minimum atomic E-state index is -0.700. The van der Waals surface area contributed by atoms with Crippen molar-refractivity contribution in [3.8, 4) is 5.69 Å². The normalized spacial score (nSPS) is 14.9. The van der Waals surface area contributed by atoms with Gasteiger partial charge in [-0.25, -0.2) is 9.79 Å². The van der Waals surface area contributed by atoms with Gasteiger partial charge in [0.2, 0.25) is 0 Å². The van der Waals surface area contributed by atoms with Crippen molar-refractivity contribution >= 4 is 45.0 Å². The van der Waals surface area contributed by atoms with Crippen LogP contribution in [-0.2, 0) is 9.53 Å². The highest BCUT2D eigenvalue weighted by atomic mass is 79.9. The third kappa shape index (κ3) is 5.80. The molecule has 1 atom stereocenters. The average molecular weight is 681 g/mol. The highest BCUT2D eigenvalue weighted by Crippen LogP contribution is 2.35. The lowest BCUT2D eigenvalue weighted by Crippen LogP contribution is -2.40. The van der Waals surface area contributed by atoms with Gasteiger partial charge in [-0.2, -0.15) is 0 Å². The highest BCUT2D eigenvalue weighted by molar-refractivity contribution is 9.10. The number of aromatic nitrogens is 2. The van der Waals surface area contributed by atoms with Gasteiger partial charge in [0.1, 0.15) is 0 Å². The SMILES string of the molecule is CCOC(=O)C1=C(c2ccccc2)N=c2s/c(=C\c3cc(C)n(-c4ccc(Br)cc4)c3C)c(=O)n2[C@@H]1c1ccc(C(C)C)cc1. The summed E-state index contributed by atoms with van der Waals surface area (Å²) in [6.07, 6.45) is 1.94. The number of ether oxygens (including phenoxy) is 1. The summed E-state index contributed by atoms with van der Waals surface area (Å²) in [5.74, 6) is -0.136. The number of rotatable bonds is 7. The van der Waals surface area contributed by atoms with E-state index in [0.29, 0.717) is 26.5 Å². The van der Waals surface area contributed by atoms with Crippen LogP contribution in [0.4, 0.5) is 0 Å². The molecule has 1 aliphatic heterocycles. The van der Waals surface area contributed by atoms with Gasteiger partial charge in [0.15, 0.2) is 4.80 Å². The van der Waals surface area contributed by atoms with Crippen molar-refractivity contribution in [1.82, 2.24) is 9.13 Å². The van der Waals surface area contributed by atoms with E-state index >= 15 is 0 Å². The number of aryl methyl sites for hydroxylation is 1. The lowest BCUT2D eigenvalue weighted by molar-refractivity contribution is -0.138. The van der Waals surface area contributed by atoms with Gasteiger partial charge in [0.25, 0.3) is 5.56 Å². The van der Waals surface area contributed by atoms with Crippen LogP contribution in [0.3, 0.4) is 0 Å². The molecule has 5 aromatic rings.